The van der Waals surface area contributed by atoms with Crippen molar-refractivity contribution in [2.24, 2.45) is 0 Å². The van der Waals surface area contributed by atoms with E-state index in [0.29, 0.717) is 11.6 Å². The lowest BCUT2D eigenvalue weighted by atomic mass is 10.1. The maximum atomic E-state index is 13.9. The minimum absolute atomic E-state index is 0.00141. The van der Waals surface area contributed by atoms with Crippen LogP contribution in [0.3, 0.4) is 0 Å². The molecule has 7 nitrogen and oxygen atoms in total. The van der Waals surface area contributed by atoms with Crippen molar-refractivity contribution in [3.8, 4) is 0 Å². The molecule has 0 spiro atoms. The van der Waals surface area contributed by atoms with E-state index < -0.39 is 38.7 Å². The van der Waals surface area contributed by atoms with E-state index in [-0.39, 0.29) is 21.9 Å². The highest BCUT2D eigenvalue weighted by atomic mass is 32.2. The molecule has 162 valence electrons. The summed E-state index contributed by atoms with van der Waals surface area (Å²) in [4.78, 5) is 27.9. The van der Waals surface area contributed by atoms with Gasteiger partial charge in [-0.2, -0.15) is 0 Å². The first kappa shape index (κ1) is 21.0. The molecule has 1 aliphatic rings. The molecule has 0 aliphatic heterocycles. The lowest BCUT2D eigenvalue weighted by Crippen LogP contribution is -2.35. The third kappa shape index (κ3) is 4.29. The quantitative estimate of drug-likeness (QED) is 0.558. The molecule has 31 heavy (non-hydrogen) atoms. The number of hydrogen-bond acceptors (Lipinski definition) is 4. The number of pyridine rings is 1. The summed E-state index contributed by atoms with van der Waals surface area (Å²) in [6, 6.07) is 6.18. The number of hydrogen-bond donors (Lipinski definition) is 3. The number of benzene rings is 2. The largest absolute Gasteiger partial charge is 0.360 e. The number of halogens is 2. The van der Waals surface area contributed by atoms with Gasteiger partial charge in [0.15, 0.2) is 0 Å². The van der Waals surface area contributed by atoms with Crippen LogP contribution in [0.2, 0.25) is 0 Å². The van der Waals surface area contributed by atoms with E-state index in [2.05, 4.69) is 10.3 Å². The van der Waals surface area contributed by atoms with Crippen molar-refractivity contribution in [2.75, 3.05) is 4.72 Å². The number of aromatic amines is 1. The van der Waals surface area contributed by atoms with Crippen molar-refractivity contribution in [3.05, 3.63) is 70.0 Å². The fraction of sp³-hybridized carbons (Fsp3) is 0.238. The van der Waals surface area contributed by atoms with Crippen molar-refractivity contribution < 1.29 is 22.0 Å². The summed E-state index contributed by atoms with van der Waals surface area (Å²) in [5.41, 5.74) is -0.824. The monoisotopic (exact) mass is 447 g/mol. The average Bonchev–Trinajstić information content (AvgIpc) is 3.23. The number of aromatic nitrogens is 1. The van der Waals surface area contributed by atoms with Crippen molar-refractivity contribution in [3.63, 3.8) is 0 Å². The number of H-pyrrole nitrogens is 1. The zero-order valence-corrected chi connectivity index (χ0v) is 17.1. The molecule has 1 fully saturated rings. The molecule has 1 aliphatic carbocycles. The summed E-state index contributed by atoms with van der Waals surface area (Å²) in [5.74, 6) is -2.44. The second-order valence-corrected chi connectivity index (χ2v) is 9.11. The number of sulfonamides is 1. The molecule has 3 N–H and O–H groups in total. The van der Waals surface area contributed by atoms with Crippen LogP contribution in [0.25, 0.3) is 10.9 Å². The van der Waals surface area contributed by atoms with Crippen LogP contribution >= 0.6 is 0 Å². The van der Waals surface area contributed by atoms with Crippen LogP contribution in [-0.4, -0.2) is 25.4 Å². The summed E-state index contributed by atoms with van der Waals surface area (Å²) in [5, 5.41) is 2.83. The van der Waals surface area contributed by atoms with Gasteiger partial charge in [0.1, 0.15) is 17.2 Å². The Kier molecular flexibility index (Phi) is 5.48. The normalized spacial score (nSPS) is 14.6. The summed E-state index contributed by atoms with van der Waals surface area (Å²) in [6.45, 7) is 0. The molecule has 1 aromatic heterocycles. The van der Waals surface area contributed by atoms with E-state index in [1.807, 2.05) is 4.72 Å². The predicted molar refractivity (Wildman–Crippen MR) is 111 cm³/mol. The van der Waals surface area contributed by atoms with E-state index in [0.717, 1.165) is 43.9 Å². The third-order valence-corrected chi connectivity index (χ3v) is 6.64. The Balaban J connectivity index is 1.68. The van der Waals surface area contributed by atoms with Gasteiger partial charge in [-0.15, -0.1) is 0 Å². The standard InChI is InChI=1S/C21H19F2N3O4S/c22-12-5-7-19(17(23)9-12)26-31(29,30)14-6-8-18-15(10-14)20(27)16(11-24-18)21(28)25-13-3-1-2-4-13/h5-11,13,26H,1-4H2,(H,24,27)(H,25,28). The number of nitrogens with one attached hydrogen (secondary N) is 3. The Labute approximate surface area is 176 Å². The van der Waals surface area contributed by atoms with E-state index >= 15 is 0 Å². The van der Waals surface area contributed by atoms with Gasteiger partial charge in [0.05, 0.1) is 10.6 Å². The Hall–Kier alpha value is -3.27. The number of rotatable bonds is 5. The molecular formula is C21H19F2N3O4S. The fourth-order valence-corrected chi connectivity index (χ4v) is 4.74. The van der Waals surface area contributed by atoms with Crippen LogP contribution < -0.4 is 15.5 Å². The van der Waals surface area contributed by atoms with Gasteiger partial charge in [-0.3, -0.25) is 14.3 Å². The Morgan fingerprint density at radius 3 is 2.52 bits per heavy atom. The lowest BCUT2D eigenvalue weighted by molar-refractivity contribution is 0.0936. The smallest absolute Gasteiger partial charge is 0.262 e. The van der Waals surface area contributed by atoms with Gasteiger partial charge in [-0.05, 0) is 43.2 Å². The van der Waals surface area contributed by atoms with E-state index in [4.69, 9.17) is 0 Å². The van der Waals surface area contributed by atoms with Crippen LogP contribution in [0.15, 0.2) is 52.3 Å². The van der Waals surface area contributed by atoms with E-state index in [1.165, 1.54) is 18.3 Å². The first-order chi connectivity index (χ1) is 14.7. The van der Waals surface area contributed by atoms with Gasteiger partial charge >= 0.3 is 0 Å². The summed E-state index contributed by atoms with van der Waals surface area (Å²) >= 11 is 0. The van der Waals surface area contributed by atoms with Crippen LogP contribution in [0.5, 0.6) is 0 Å². The third-order valence-electron chi connectivity index (χ3n) is 5.27. The van der Waals surface area contributed by atoms with Crippen molar-refractivity contribution in [1.82, 2.24) is 10.3 Å². The zero-order valence-electron chi connectivity index (χ0n) is 16.2. The molecule has 0 unspecified atom stereocenters. The Morgan fingerprint density at radius 1 is 1.06 bits per heavy atom. The van der Waals surface area contributed by atoms with Crippen molar-refractivity contribution in [1.29, 1.82) is 0 Å². The predicted octanol–water partition coefficient (Wildman–Crippen LogP) is 3.28. The van der Waals surface area contributed by atoms with Gasteiger partial charge in [0.2, 0.25) is 5.43 Å². The van der Waals surface area contributed by atoms with Gasteiger partial charge in [0, 0.05) is 29.2 Å². The first-order valence-corrected chi connectivity index (χ1v) is 11.2. The maximum Gasteiger partial charge on any atom is 0.262 e. The van der Waals surface area contributed by atoms with Crippen LogP contribution in [0, 0.1) is 11.6 Å². The lowest BCUT2D eigenvalue weighted by Gasteiger charge is -2.12. The minimum Gasteiger partial charge on any atom is -0.360 e. The minimum atomic E-state index is -4.27. The summed E-state index contributed by atoms with van der Waals surface area (Å²) in [6.07, 6.45) is 5.04. The maximum absolute atomic E-state index is 13.9. The number of amides is 1. The molecule has 0 saturated heterocycles. The molecule has 1 saturated carbocycles. The molecular weight excluding hydrogens is 428 g/mol. The van der Waals surface area contributed by atoms with Gasteiger partial charge < -0.3 is 10.3 Å². The number of carbonyl (C=O) groups excluding carboxylic acids is 1. The molecule has 0 bridgehead atoms. The number of fused-ring (bicyclic) bond motifs is 1. The Morgan fingerprint density at radius 2 is 1.81 bits per heavy atom. The molecule has 0 atom stereocenters. The number of carbonyl (C=O) groups is 1. The summed E-state index contributed by atoms with van der Waals surface area (Å²) in [7, 11) is -4.27. The van der Waals surface area contributed by atoms with Gasteiger partial charge in [0.25, 0.3) is 15.9 Å². The molecule has 1 heterocycles. The zero-order chi connectivity index (χ0) is 22.2. The molecule has 10 heteroatoms. The SMILES string of the molecule is O=C(NC1CCCC1)c1c[nH]c2ccc(S(=O)(=O)Nc3ccc(F)cc3F)cc2c1=O. The highest BCUT2D eigenvalue weighted by Gasteiger charge is 2.22. The fourth-order valence-electron chi connectivity index (χ4n) is 3.64. The first-order valence-electron chi connectivity index (χ1n) is 9.69. The van der Waals surface area contributed by atoms with Crippen LogP contribution in [-0.2, 0) is 10.0 Å². The highest BCUT2D eigenvalue weighted by molar-refractivity contribution is 7.92. The number of anilines is 1. The van der Waals surface area contributed by atoms with Gasteiger partial charge in [-0.25, -0.2) is 17.2 Å². The second kappa shape index (κ2) is 8.10. The van der Waals surface area contributed by atoms with E-state index in [1.54, 1.807) is 0 Å². The van der Waals surface area contributed by atoms with Crippen molar-refractivity contribution >= 4 is 32.5 Å². The Bertz CT molecular complexity index is 1330. The van der Waals surface area contributed by atoms with Gasteiger partial charge in [-0.1, -0.05) is 12.8 Å². The molecule has 4 rings (SSSR count). The van der Waals surface area contributed by atoms with E-state index in [9.17, 15) is 26.8 Å². The average molecular weight is 447 g/mol. The highest BCUT2D eigenvalue weighted by Crippen LogP contribution is 2.22. The topological polar surface area (TPSA) is 108 Å². The molecule has 0 radical (unpaired) electrons. The molecule has 1 amide bonds. The summed E-state index contributed by atoms with van der Waals surface area (Å²) < 4.78 is 54.3. The molecule has 3 aromatic rings. The van der Waals surface area contributed by atoms with Crippen molar-refractivity contribution in [2.45, 2.75) is 36.6 Å². The van der Waals surface area contributed by atoms with Crippen LogP contribution in [0.1, 0.15) is 36.0 Å². The second-order valence-electron chi connectivity index (χ2n) is 7.42. The van der Waals surface area contributed by atoms with Crippen LogP contribution in [0.4, 0.5) is 14.5 Å². The molecule has 2 aromatic carbocycles.